The summed E-state index contributed by atoms with van der Waals surface area (Å²) in [7, 11) is 0. The second kappa shape index (κ2) is 8.44. The van der Waals surface area contributed by atoms with E-state index in [0.29, 0.717) is 41.2 Å². The SMILES string of the molecule is CC(C)COc1ccccc1NC(=O)C1CC(=O)N(c2cccc(Cl)c2)C1. The van der Waals surface area contributed by atoms with E-state index in [0.717, 1.165) is 0 Å². The molecule has 1 atom stereocenters. The van der Waals surface area contributed by atoms with Crippen molar-refractivity contribution in [1.29, 1.82) is 0 Å². The Morgan fingerprint density at radius 2 is 2.04 bits per heavy atom. The van der Waals surface area contributed by atoms with Crippen LogP contribution in [0.5, 0.6) is 5.75 Å². The third kappa shape index (κ3) is 4.80. The van der Waals surface area contributed by atoms with Crippen molar-refractivity contribution in [1.82, 2.24) is 0 Å². The van der Waals surface area contributed by atoms with Gasteiger partial charge in [-0.1, -0.05) is 43.6 Å². The molecule has 1 aliphatic heterocycles. The lowest BCUT2D eigenvalue weighted by molar-refractivity contribution is -0.122. The van der Waals surface area contributed by atoms with Gasteiger partial charge in [0.2, 0.25) is 11.8 Å². The molecule has 1 heterocycles. The Morgan fingerprint density at radius 3 is 2.78 bits per heavy atom. The van der Waals surface area contributed by atoms with Crippen LogP contribution in [0.4, 0.5) is 11.4 Å². The van der Waals surface area contributed by atoms with Crippen molar-refractivity contribution < 1.29 is 14.3 Å². The fraction of sp³-hybridized carbons (Fsp3) is 0.333. The van der Waals surface area contributed by atoms with Gasteiger partial charge in [0.25, 0.3) is 0 Å². The van der Waals surface area contributed by atoms with E-state index in [-0.39, 0.29) is 18.2 Å². The zero-order valence-electron chi connectivity index (χ0n) is 15.4. The van der Waals surface area contributed by atoms with E-state index in [1.165, 1.54) is 0 Å². The highest BCUT2D eigenvalue weighted by Crippen LogP contribution is 2.29. The molecule has 1 N–H and O–H groups in total. The molecule has 2 amide bonds. The van der Waals surface area contributed by atoms with Gasteiger partial charge in [-0.15, -0.1) is 0 Å². The molecule has 0 aromatic heterocycles. The molecule has 27 heavy (non-hydrogen) atoms. The van der Waals surface area contributed by atoms with Gasteiger partial charge in [-0.3, -0.25) is 9.59 Å². The molecule has 1 saturated heterocycles. The van der Waals surface area contributed by atoms with Gasteiger partial charge in [-0.05, 0) is 36.2 Å². The average Bonchev–Trinajstić information content (AvgIpc) is 3.03. The summed E-state index contributed by atoms with van der Waals surface area (Å²) >= 11 is 6.02. The van der Waals surface area contributed by atoms with E-state index >= 15 is 0 Å². The van der Waals surface area contributed by atoms with Gasteiger partial charge in [0.15, 0.2) is 0 Å². The Labute approximate surface area is 164 Å². The molecule has 5 nitrogen and oxygen atoms in total. The Bertz CT molecular complexity index is 838. The van der Waals surface area contributed by atoms with E-state index in [1.54, 1.807) is 29.2 Å². The van der Waals surface area contributed by atoms with E-state index < -0.39 is 5.92 Å². The van der Waals surface area contributed by atoms with Gasteiger partial charge in [-0.25, -0.2) is 0 Å². The molecule has 0 radical (unpaired) electrons. The fourth-order valence-electron chi connectivity index (χ4n) is 2.96. The molecule has 0 bridgehead atoms. The highest BCUT2D eigenvalue weighted by atomic mass is 35.5. The van der Waals surface area contributed by atoms with Crippen molar-refractivity contribution >= 4 is 34.8 Å². The van der Waals surface area contributed by atoms with Crippen LogP contribution in [-0.4, -0.2) is 25.0 Å². The largest absolute Gasteiger partial charge is 0.491 e. The lowest BCUT2D eigenvalue weighted by Gasteiger charge is -2.18. The van der Waals surface area contributed by atoms with E-state index in [9.17, 15) is 9.59 Å². The molecule has 0 aliphatic carbocycles. The first kappa shape index (κ1) is 19.2. The molecule has 1 aliphatic rings. The number of benzene rings is 2. The predicted molar refractivity (Wildman–Crippen MR) is 107 cm³/mol. The number of hydrogen-bond donors (Lipinski definition) is 1. The highest BCUT2D eigenvalue weighted by molar-refractivity contribution is 6.31. The number of carbonyl (C=O) groups excluding carboxylic acids is 2. The van der Waals surface area contributed by atoms with Crippen LogP contribution in [-0.2, 0) is 9.59 Å². The maximum absolute atomic E-state index is 12.7. The Morgan fingerprint density at radius 1 is 1.26 bits per heavy atom. The smallest absolute Gasteiger partial charge is 0.229 e. The van der Waals surface area contributed by atoms with Crippen LogP contribution in [0.1, 0.15) is 20.3 Å². The predicted octanol–water partition coefficient (Wildman–Crippen LogP) is 4.37. The summed E-state index contributed by atoms with van der Waals surface area (Å²) in [6.07, 6.45) is 0.174. The molecule has 1 unspecified atom stereocenters. The van der Waals surface area contributed by atoms with Crippen molar-refractivity contribution in [2.75, 3.05) is 23.4 Å². The highest BCUT2D eigenvalue weighted by Gasteiger charge is 2.35. The van der Waals surface area contributed by atoms with Gasteiger partial charge in [0.05, 0.1) is 18.2 Å². The Balaban J connectivity index is 1.68. The Hall–Kier alpha value is -2.53. The van der Waals surface area contributed by atoms with Crippen molar-refractivity contribution in [2.24, 2.45) is 11.8 Å². The number of carbonyl (C=O) groups is 2. The first-order valence-electron chi connectivity index (χ1n) is 9.02. The number of amides is 2. The average molecular weight is 387 g/mol. The lowest BCUT2D eigenvalue weighted by atomic mass is 10.1. The third-order valence-corrected chi connectivity index (χ3v) is 4.57. The first-order chi connectivity index (χ1) is 12.9. The second-order valence-corrected chi connectivity index (χ2v) is 7.51. The van der Waals surface area contributed by atoms with Crippen molar-refractivity contribution in [3.8, 4) is 5.75 Å². The van der Waals surface area contributed by atoms with Crippen LogP contribution in [0.3, 0.4) is 0 Å². The molecule has 3 rings (SSSR count). The molecule has 2 aromatic carbocycles. The van der Waals surface area contributed by atoms with Crippen molar-refractivity contribution in [3.05, 3.63) is 53.6 Å². The monoisotopic (exact) mass is 386 g/mol. The van der Waals surface area contributed by atoms with Crippen LogP contribution >= 0.6 is 11.6 Å². The minimum atomic E-state index is -0.422. The van der Waals surface area contributed by atoms with Gasteiger partial charge >= 0.3 is 0 Å². The zero-order chi connectivity index (χ0) is 19.4. The van der Waals surface area contributed by atoms with E-state index in [2.05, 4.69) is 19.2 Å². The normalized spacial score (nSPS) is 16.7. The minimum absolute atomic E-state index is 0.0817. The molecule has 142 valence electrons. The van der Waals surface area contributed by atoms with Gasteiger partial charge in [0.1, 0.15) is 5.75 Å². The fourth-order valence-corrected chi connectivity index (χ4v) is 3.15. The summed E-state index contributed by atoms with van der Waals surface area (Å²) in [6, 6.07) is 14.4. The van der Waals surface area contributed by atoms with Crippen LogP contribution in [0.15, 0.2) is 48.5 Å². The topological polar surface area (TPSA) is 58.6 Å². The number of nitrogens with one attached hydrogen (secondary N) is 1. The minimum Gasteiger partial charge on any atom is -0.491 e. The quantitative estimate of drug-likeness (QED) is 0.802. The number of nitrogens with zero attached hydrogens (tertiary/aromatic N) is 1. The summed E-state index contributed by atoms with van der Waals surface area (Å²) in [4.78, 5) is 26.7. The molecular formula is C21H23ClN2O3. The van der Waals surface area contributed by atoms with Crippen LogP contribution in [0, 0.1) is 11.8 Å². The molecule has 6 heteroatoms. The standard InChI is InChI=1S/C21H23ClN2O3/c1-14(2)13-27-19-9-4-3-8-18(19)23-21(26)15-10-20(25)24(12-15)17-7-5-6-16(22)11-17/h3-9,11,14-15H,10,12-13H2,1-2H3,(H,23,26). The first-order valence-corrected chi connectivity index (χ1v) is 9.40. The Kier molecular flexibility index (Phi) is 6.01. The maximum Gasteiger partial charge on any atom is 0.229 e. The summed E-state index contributed by atoms with van der Waals surface area (Å²) in [5, 5.41) is 3.47. The zero-order valence-corrected chi connectivity index (χ0v) is 16.2. The molecule has 0 saturated carbocycles. The summed E-state index contributed by atoms with van der Waals surface area (Å²) in [5.74, 6) is 0.327. The van der Waals surface area contributed by atoms with Gasteiger partial charge in [0, 0.05) is 23.7 Å². The van der Waals surface area contributed by atoms with Gasteiger partial charge < -0.3 is 15.0 Å². The molecule has 0 spiro atoms. The van der Waals surface area contributed by atoms with Gasteiger partial charge in [-0.2, -0.15) is 0 Å². The molecule has 1 fully saturated rings. The second-order valence-electron chi connectivity index (χ2n) is 7.08. The molecule has 2 aromatic rings. The number of hydrogen-bond acceptors (Lipinski definition) is 3. The van der Waals surface area contributed by atoms with Crippen LogP contribution in [0.25, 0.3) is 0 Å². The summed E-state index contributed by atoms with van der Waals surface area (Å²) in [6.45, 7) is 5.03. The van der Waals surface area contributed by atoms with E-state index in [1.807, 2.05) is 24.3 Å². The number of para-hydroxylation sites is 2. The van der Waals surface area contributed by atoms with E-state index in [4.69, 9.17) is 16.3 Å². The third-order valence-electron chi connectivity index (χ3n) is 4.33. The summed E-state index contributed by atoms with van der Waals surface area (Å²) < 4.78 is 5.78. The van der Waals surface area contributed by atoms with Crippen LogP contribution < -0.4 is 15.0 Å². The van der Waals surface area contributed by atoms with Crippen molar-refractivity contribution in [3.63, 3.8) is 0 Å². The van der Waals surface area contributed by atoms with Crippen molar-refractivity contribution in [2.45, 2.75) is 20.3 Å². The maximum atomic E-state index is 12.7. The van der Waals surface area contributed by atoms with Crippen LogP contribution in [0.2, 0.25) is 5.02 Å². The number of ether oxygens (including phenoxy) is 1. The number of halogens is 1. The molecular weight excluding hydrogens is 364 g/mol. The lowest BCUT2D eigenvalue weighted by Crippen LogP contribution is -2.28. The number of rotatable bonds is 6. The summed E-state index contributed by atoms with van der Waals surface area (Å²) in [5.41, 5.74) is 1.33. The number of anilines is 2.